The molecule has 0 saturated carbocycles. The molecule has 5 nitrogen and oxygen atoms in total. The number of aryl methyl sites for hydroxylation is 1. The number of amidine groups is 1. The van der Waals surface area contributed by atoms with E-state index in [-0.39, 0.29) is 5.84 Å². The van der Waals surface area contributed by atoms with E-state index in [1.807, 2.05) is 37.3 Å². The summed E-state index contributed by atoms with van der Waals surface area (Å²) in [6.07, 6.45) is 1.58. The third-order valence-corrected chi connectivity index (χ3v) is 3.07. The summed E-state index contributed by atoms with van der Waals surface area (Å²) in [4.78, 5) is 8.59. The highest BCUT2D eigenvalue weighted by molar-refractivity contribution is 5.96. The van der Waals surface area contributed by atoms with Crippen LogP contribution in [0.25, 0.3) is 10.9 Å². The second-order valence-electron chi connectivity index (χ2n) is 4.65. The lowest BCUT2D eigenvalue weighted by Crippen LogP contribution is -2.14. The van der Waals surface area contributed by atoms with Crippen LogP contribution in [0.15, 0.2) is 48.7 Å². The van der Waals surface area contributed by atoms with Crippen LogP contribution in [-0.2, 0) is 0 Å². The van der Waals surface area contributed by atoms with Gasteiger partial charge in [-0.3, -0.25) is 5.41 Å². The molecular formula is C16H14N4O. The van der Waals surface area contributed by atoms with Crippen molar-refractivity contribution in [3.63, 3.8) is 0 Å². The Morgan fingerprint density at radius 1 is 1.10 bits per heavy atom. The number of ether oxygens (including phenoxy) is 1. The lowest BCUT2D eigenvalue weighted by Gasteiger charge is -2.11. The van der Waals surface area contributed by atoms with Crippen molar-refractivity contribution in [1.29, 1.82) is 5.41 Å². The SMILES string of the molecule is Cc1ccc2cccc(Oc3cccnc3C(=N)N)c2n1. The summed E-state index contributed by atoms with van der Waals surface area (Å²) < 4.78 is 5.89. The van der Waals surface area contributed by atoms with Gasteiger partial charge in [-0.25, -0.2) is 9.97 Å². The van der Waals surface area contributed by atoms with E-state index in [1.165, 1.54) is 0 Å². The van der Waals surface area contributed by atoms with Crippen LogP contribution < -0.4 is 10.5 Å². The molecule has 104 valence electrons. The highest BCUT2D eigenvalue weighted by atomic mass is 16.5. The van der Waals surface area contributed by atoms with Crippen molar-refractivity contribution in [2.75, 3.05) is 0 Å². The molecule has 3 aromatic rings. The average molecular weight is 278 g/mol. The van der Waals surface area contributed by atoms with Gasteiger partial charge >= 0.3 is 0 Å². The van der Waals surface area contributed by atoms with Gasteiger partial charge in [-0.05, 0) is 31.2 Å². The molecule has 0 radical (unpaired) electrons. The molecule has 0 fully saturated rings. The van der Waals surface area contributed by atoms with Crippen LogP contribution in [-0.4, -0.2) is 15.8 Å². The van der Waals surface area contributed by atoms with Crippen LogP contribution in [0, 0.1) is 12.3 Å². The minimum Gasteiger partial charge on any atom is -0.453 e. The summed E-state index contributed by atoms with van der Waals surface area (Å²) in [7, 11) is 0. The van der Waals surface area contributed by atoms with Crippen LogP contribution in [0.4, 0.5) is 0 Å². The Morgan fingerprint density at radius 3 is 2.71 bits per heavy atom. The van der Waals surface area contributed by atoms with E-state index < -0.39 is 0 Å². The Morgan fingerprint density at radius 2 is 1.90 bits per heavy atom. The number of rotatable bonds is 3. The van der Waals surface area contributed by atoms with E-state index >= 15 is 0 Å². The zero-order valence-electron chi connectivity index (χ0n) is 11.5. The first-order valence-electron chi connectivity index (χ1n) is 6.49. The van der Waals surface area contributed by atoms with Crippen molar-refractivity contribution in [3.8, 4) is 11.5 Å². The fourth-order valence-electron chi connectivity index (χ4n) is 2.09. The molecule has 0 atom stereocenters. The Bertz CT molecular complexity index is 829. The van der Waals surface area contributed by atoms with Crippen LogP contribution in [0.5, 0.6) is 11.5 Å². The van der Waals surface area contributed by atoms with E-state index in [0.717, 1.165) is 16.6 Å². The maximum atomic E-state index is 7.56. The van der Waals surface area contributed by atoms with Gasteiger partial charge in [0.25, 0.3) is 0 Å². The lowest BCUT2D eigenvalue weighted by molar-refractivity contribution is 0.483. The number of para-hydroxylation sites is 1. The summed E-state index contributed by atoms with van der Waals surface area (Å²) in [5.74, 6) is 0.933. The predicted octanol–water partition coefficient (Wildman–Crippen LogP) is 3.01. The van der Waals surface area contributed by atoms with Gasteiger partial charge in [-0.15, -0.1) is 0 Å². The van der Waals surface area contributed by atoms with Gasteiger partial charge in [0.2, 0.25) is 0 Å². The summed E-state index contributed by atoms with van der Waals surface area (Å²) >= 11 is 0. The number of nitrogens with two attached hydrogens (primary N) is 1. The molecule has 3 rings (SSSR count). The van der Waals surface area contributed by atoms with E-state index in [2.05, 4.69) is 9.97 Å². The van der Waals surface area contributed by atoms with Gasteiger partial charge in [0, 0.05) is 17.3 Å². The highest BCUT2D eigenvalue weighted by Gasteiger charge is 2.11. The fraction of sp³-hybridized carbons (Fsp3) is 0.0625. The van der Waals surface area contributed by atoms with Crippen molar-refractivity contribution in [3.05, 3.63) is 60.0 Å². The molecule has 0 aliphatic carbocycles. The molecule has 21 heavy (non-hydrogen) atoms. The van der Waals surface area contributed by atoms with Gasteiger partial charge in [0.1, 0.15) is 17.0 Å². The second kappa shape index (κ2) is 5.20. The number of nitrogens with zero attached hydrogens (tertiary/aromatic N) is 2. The zero-order valence-corrected chi connectivity index (χ0v) is 11.5. The Balaban J connectivity index is 2.11. The van der Waals surface area contributed by atoms with Gasteiger partial charge in [0.05, 0.1) is 0 Å². The number of fused-ring (bicyclic) bond motifs is 1. The van der Waals surface area contributed by atoms with E-state index in [0.29, 0.717) is 17.2 Å². The normalized spacial score (nSPS) is 10.5. The van der Waals surface area contributed by atoms with E-state index in [4.69, 9.17) is 15.9 Å². The largest absolute Gasteiger partial charge is 0.453 e. The first kappa shape index (κ1) is 13.1. The molecule has 0 aliphatic heterocycles. The third kappa shape index (κ3) is 2.53. The summed E-state index contributed by atoms with van der Waals surface area (Å²) in [6, 6.07) is 13.1. The van der Waals surface area contributed by atoms with Crippen molar-refractivity contribution in [2.45, 2.75) is 6.92 Å². The maximum Gasteiger partial charge on any atom is 0.156 e. The number of benzene rings is 1. The monoisotopic (exact) mass is 278 g/mol. The predicted molar refractivity (Wildman–Crippen MR) is 81.8 cm³/mol. The van der Waals surface area contributed by atoms with Crippen LogP contribution >= 0.6 is 0 Å². The molecule has 0 aliphatic rings. The maximum absolute atomic E-state index is 7.56. The number of pyridine rings is 2. The molecule has 0 unspecified atom stereocenters. The highest BCUT2D eigenvalue weighted by Crippen LogP contribution is 2.29. The number of nitrogens with one attached hydrogen (secondary N) is 1. The van der Waals surface area contributed by atoms with Crippen LogP contribution in [0.2, 0.25) is 0 Å². The minimum atomic E-state index is -0.130. The molecule has 0 spiro atoms. The zero-order chi connectivity index (χ0) is 14.8. The Kier molecular flexibility index (Phi) is 3.23. The van der Waals surface area contributed by atoms with E-state index in [1.54, 1.807) is 18.3 Å². The van der Waals surface area contributed by atoms with Crippen LogP contribution in [0.3, 0.4) is 0 Å². The van der Waals surface area contributed by atoms with Crippen molar-refractivity contribution >= 4 is 16.7 Å². The average Bonchev–Trinajstić information content (AvgIpc) is 2.48. The summed E-state index contributed by atoms with van der Waals surface area (Å²) in [6.45, 7) is 1.93. The summed E-state index contributed by atoms with van der Waals surface area (Å²) in [5.41, 5.74) is 7.54. The first-order chi connectivity index (χ1) is 10.1. The topological polar surface area (TPSA) is 84.9 Å². The third-order valence-electron chi connectivity index (χ3n) is 3.07. The minimum absolute atomic E-state index is 0.130. The Hall–Kier alpha value is -2.95. The first-order valence-corrected chi connectivity index (χ1v) is 6.49. The Labute approximate surface area is 121 Å². The smallest absolute Gasteiger partial charge is 0.156 e. The van der Waals surface area contributed by atoms with Gasteiger partial charge in [0.15, 0.2) is 11.5 Å². The second-order valence-corrected chi connectivity index (χ2v) is 4.65. The van der Waals surface area contributed by atoms with Crippen molar-refractivity contribution < 1.29 is 4.74 Å². The summed E-state index contributed by atoms with van der Waals surface area (Å²) in [5, 5.41) is 8.55. The fourth-order valence-corrected chi connectivity index (χ4v) is 2.09. The van der Waals surface area contributed by atoms with Crippen LogP contribution in [0.1, 0.15) is 11.4 Å². The molecule has 3 N–H and O–H groups in total. The van der Waals surface area contributed by atoms with E-state index in [9.17, 15) is 0 Å². The number of hydrogen-bond acceptors (Lipinski definition) is 4. The molecule has 2 aromatic heterocycles. The number of nitrogen functional groups attached to an aromatic ring is 1. The molecule has 0 amide bonds. The molecule has 2 heterocycles. The number of hydrogen-bond donors (Lipinski definition) is 2. The van der Waals surface area contributed by atoms with Gasteiger partial charge in [-0.1, -0.05) is 18.2 Å². The molecule has 0 bridgehead atoms. The van der Waals surface area contributed by atoms with Gasteiger partial charge < -0.3 is 10.5 Å². The quantitative estimate of drug-likeness (QED) is 0.569. The molecule has 5 heteroatoms. The van der Waals surface area contributed by atoms with Crippen molar-refractivity contribution in [1.82, 2.24) is 9.97 Å². The molecule has 1 aromatic carbocycles. The number of aromatic nitrogens is 2. The molecular weight excluding hydrogens is 264 g/mol. The standard InChI is InChI=1S/C16H14N4O/c1-10-7-8-11-4-2-5-12(14(11)20-10)21-13-6-3-9-19-15(13)16(17)18/h2-9H,1H3,(H3,17,18). The van der Waals surface area contributed by atoms with Gasteiger partial charge in [-0.2, -0.15) is 0 Å². The molecule has 0 saturated heterocycles. The van der Waals surface area contributed by atoms with Crippen molar-refractivity contribution in [2.24, 2.45) is 5.73 Å². The lowest BCUT2D eigenvalue weighted by atomic mass is 10.2.